The summed E-state index contributed by atoms with van der Waals surface area (Å²) < 4.78 is 0. The SMILES string of the molecule is O[C@@H]1CNC[C@H]1NC1CCNCC1. The molecule has 2 atom stereocenters. The highest BCUT2D eigenvalue weighted by molar-refractivity contribution is 4.89. The molecule has 2 heterocycles. The largest absolute Gasteiger partial charge is 0.390 e. The van der Waals surface area contributed by atoms with E-state index in [-0.39, 0.29) is 12.1 Å². The van der Waals surface area contributed by atoms with E-state index in [4.69, 9.17) is 0 Å². The molecule has 0 unspecified atom stereocenters. The van der Waals surface area contributed by atoms with Crippen molar-refractivity contribution in [1.82, 2.24) is 16.0 Å². The maximum absolute atomic E-state index is 9.58. The number of aliphatic hydroxyl groups excluding tert-OH is 1. The van der Waals surface area contributed by atoms with E-state index in [2.05, 4.69) is 16.0 Å². The number of hydrogen-bond donors (Lipinski definition) is 4. The van der Waals surface area contributed by atoms with E-state index >= 15 is 0 Å². The van der Waals surface area contributed by atoms with Crippen LogP contribution in [0.15, 0.2) is 0 Å². The predicted molar refractivity (Wildman–Crippen MR) is 51.7 cm³/mol. The second kappa shape index (κ2) is 4.37. The molecular formula is C9H19N3O. The van der Waals surface area contributed by atoms with E-state index in [1.165, 1.54) is 12.8 Å². The lowest BCUT2D eigenvalue weighted by atomic mass is 10.0. The molecule has 0 aromatic heterocycles. The van der Waals surface area contributed by atoms with Gasteiger partial charge in [0.25, 0.3) is 0 Å². The van der Waals surface area contributed by atoms with Crippen molar-refractivity contribution < 1.29 is 5.11 Å². The van der Waals surface area contributed by atoms with Crippen molar-refractivity contribution in [1.29, 1.82) is 0 Å². The Morgan fingerprint density at radius 3 is 2.46 bits per heavy atom. The van der Waals surface area contributed by atoms with Crippen LogP contribution in [0.4, 0.5) is 0 Å². The summed E-state index contributed by atoms with van der Waals surface area (Å²) in [6.07, 6.45) is 2.17. The predicted octanol–water partition coefficient (Wildman–Crippen LogP) is -1.34. The molecule has 0 aromatic rings. The molecule has 0 bridgehead atoms. The minimum Gasteiger partial charge on any atom is -0.390 e. The zero-order valence-electron chi connectivity index (χ0n) is 7.92. The minimum atomic E-state index is -0.199. The van der Waals surface area contributed by atoms with Crippen LogP contribution >= 0.6 is 0 Å². The van der Waals surface area contributed by atoms with Crippen molar-refractivity contribution >= 4 is 0 Å². The zero-order valence-corrected chi connectivity index (χ0v) is 7.92. The van der Waals surface area contributed by atoms with Gasteiger partial charge in [-0.2, -0.15) is 0 Å². The normalized spacial score (nSPS) is 36.7. The zero-order chi connectivity index (χ0) is 9.10. The van der Waals surface area contributed by atoms with Crippen molar-refractivity contribution in [2.75, 3.05) is 26.2 Å². The van der Waals surface area contributed by atoms with E-state index in [1.54, 1.807) is 0 Å². The van der Waals surface area contributed by atoms with E-state index < -0.39 is 0 Å². The molecule has 2 saturated heterocycles. The molecule has 76 valence electrons. The molecule has 2 fully saturated rings. The van der Waals surface area contributed by atoms with Crippen molar-refractivity contribution in [2.45, 2.75) is 31.0 Å². The van der Waals surface area contributed by atoms with Crippen molar-refractivity contribution in [2.24, 2.45) is 0 Å². The van der Waals surface area contributed by atoms with E-state index in [9.17, 15) is 5.11 Å². The highest BCUT2D eigenvalue weighted by atomic mass is 16.3. The Morgan fingerprint density at radius 2 is 1.85 bits per heavy atom. The molecule has 2 rings (SSSR count). The molecule has 0 saturated carbocycles. The second-order valence-electron chi connectivity index (χ2n) is 4.02. The van der Waals surface area contributed by atoms with Crippen LogP contribution in [-0.4, -0.2) is 49.5 Å². The average Bonchev–Trinajstić information content (AvgIpc) is 2.54. The molecule has 4 heteroatoms. The molecule has 13 heavy (non-hydrogen) atoms. The molecule has 2 aliphatic rings. The molecule has 4 N–H and O–H groups in total. The van der Waals surface area contributed by atoms with E-state index in [0.717, 1.165) is 26.2 Å². The summed E-state index contributed by atoms with van der Waals surface area (Å²) in [5, 5.41) is 19.6. The fourth-order valence-electron chi connectivity index (χ4n) is 2.13. The smallest absolute Gasteiger partial charge is 0.0829 e. The van der Waals surface area contributed by atoms with Crippen molar-refractivity contribution in [3.8, 4) is 0 Å². The molecular weight excluding hydrogens is 166 g/mol. The van der Waals surface area contributed by atoms with Gasteiger partial charge in [-0.3, -0.25) is 0 Å². The summed E-state index contributed by atoms with van der Waals surface area (Å²) in [6, 6.07) is 0.865. The Bertz CT molecular complexity index is 159. The van der Waals surface area contributed by atoms with Crippen LogP contribution in [0.25, 0.3) is 0 Å². The summed E-state index contributed by atoms with van der Waals surface area (Å²) in [5.41, 5.74) is 0. The highest BCUT2D eigenvalue weighted by Crippen LogP contribution is 2.07. The van der Waals surface area contributed by atoms with Crippen LogP contribution in [0.5, 0.6) is 0 Å². The number of hydrogen-bond acceptors (Lipinski definition) is 4. The lowest BCUT2D eigenvalue weighted by molar-refractivity contribution is 0.152. The van der Waals surface area contributed by atoms with Gasteiger partial charge in [-0.1, -0.05) is 0 Å². The molecule has 4 nitrogen and oxygen atoms in total. The van der Waals surface area contributed by atoms with Gasteiger partial charge >= 0.3 is 0 Å². The standard InChI is InChI=1S/C9H19N3O/c13-9-6-11-5-8(9)12-7-1-3-10-4-2-7/h7-13H,1-6H2/t8-,9-/m1/s1. The second-order valence-corrected chi connectivity index (χ2v) is 4.02. The third-order valence-electron chi connectivity index (χ3n) is 2.97. The fraction of sp³-hybridized carbons (Fsp3) is 1.00. The summed E-state index contributed by atoms with van der Waals surface area (Å²) in [7, 11) is 0. The molecule has 0 aromatic carbocycles. The highest BCUT2D eigenvalue weighted by Gasteiger charge is 2.27. The molecule has 0 radical (unpaired) electrons. The quantitative estimate of drug-likeness (QED) is 0.430. The summed E-state index contributed by atoms with van der Waals surface area (Å²) in [5.74, 6) is 0. The molecule has 0 aliphatic carbocycles. The van der Waals surface area contributed by atoms with Crippen molar-refractivity contribution in [3.05, 3.63) is 0 Å². The number of piperidine rings is 1. The first-order chi connectivity index (χ1) is 6.36. The van der Waals surface area contributed by atoms with Crippen LogP contribution in [0.2, 0.25) is 0 Å². The maximum atomic E-state index is 9.58. The van der Waals surface area contributed by atoms with Crippen LogP contribution in [-0.2, 0) is 0 Å². The monoisotopic (exact) mass is 185 g/mol. The number of rotatable bonds is 2. The molecule has 0 amide bonds. The van der Waals surface area contributed by atoms with E-state index in [0.29, 0.717) is 6.04 Å². The Balaban J connectivity index is 1.75. The molecule has 2 aliphatic heterocycles. The summed E-state index contributed by atoms with van der Waals surface area (Å²) in [6.45, 7) is 3.86. The number of aliphatic hydroxyl groups is 1. The number of β-amino-alcohol motifs (C(OH)–C–C–N with tert-alkyl or cyclic N) is 1. The van der Waals surface area contributed by atoms with Gasteiger partial charge in [-0.25, -0.2) is 0 Å². The van der Waals surface area contributed by atoms with Gasteiger partial charge < -0.3 is 21.1 Å². The Hall–Kier alpha value is -0.160. The third-order valence-corrected chi connectivity index (χ3v) is 2.97. The Labute approximate surface area is 79.1 Å². The van der Waals surface area contributed by atoms with Crippen LogP contribution in [0.3, 0.4) is 0 Å². The third kappa shape index (κ3) is 2.40. The van der Waals surface area contributed by atoms with Gasteiger partial charge in [0.2, 0.25) is 0 Å². The van der Waals surface area contributed by atoms with E-state index in [1.807, 2.05) is 0 Å². The van der Waals surface area contributed by atoms with Gasteiger partial charge in [-0.15, -0.1) is 0 Å². The lowest BCUT2D eigenvalue weighted by Gasteiger charge is -2.27. The first kappa shape index (κ1) is 9.40. The van der Waals surface area contributed by atoms with Crippen LogP contribution in [0.1, 0.15) is 12.8 Å². The van der Waals surface area contributed by atoms with Gasteiger partial charge in [0, 0.05) is 25.2 Å². The Morgan fingerprint density at radius 1 is 1.08 bits per heavy atom. The fourth-order valence-corrected chi connectivity index (χ4v) is 2.13. The van der Waals surface area contributed by atoms with Gasteiger partial charge in [-0.05, 0) is 25.9 Å². The van der Waals surface area contributed by atoms with Crippen molar-refractivity contribution in [3.63, 3.8) is 0 Å². The summed E-state index contributed by atoms with van der Waals surface area (Å²) >= 11 is 0. The maximum Gasteiger partial charge on any atom is 0.0829 e. The van der Waals surface area contributed by atoms with Gasteiger partial charge in [0.15, 0.2) is 0 Å². The first-order valence-electron chi connectivity index (χ1n) is 5.22. The molecule has 0 spiro atoms. The lowest BCUT2D eigenvalue weighted by Crippen LogP contribution is -2.49. The van der Waals surface area contributed by atoms with Gasteiger partial charge in [0.05, 0.1) is 6.10 Å². The number of nitrogens with one attached hydrogen (secondary N) is 3. The van der Waals surface area contributed by atoms with Crippen LogP contribution in [0, 0.1) is 0 Å². The van der Waals surface area contributed by atoms with Gasteiger partial charge in [0.1, 0.15) is 0 Å². The Kier molecular flexibility index (Phi) is 3.16. The average molecular weight is 185 g/mol. The first-order valence-corrected chi connectivity index (χ1v) is 5.22. The minimum absolute atomic E-state index is 0.199. The summed E-state index contributed by atoms with van der Waals surface area (Å²) in [4.78, 5) is 0. The van der Waals surface area contributed by atoms with Crippen LogP contribution < -0.4 is 16.0 Å². The topological polar surface area (TPSA) is 56.3 Å².